The van der Waals surface area contributed by atoms with E-state index in [0.29, 0.717) is 29.6 Å². The van der Waals surface area contributed by atoms with Crippen molar-refractivity contribution >= 4 is 12.1 Å². The molecular formula is C23H32O4. The van der Waals surface area contributed by atoms with Crippen LogP contribution in [0.15, 0.2) is 17.7 Å². The number of benzene rings is 1. The predicted octanol–water partition coefficient (Wildman–Crippen LogP) is 5.13. The molecule has 3 atom stereocenters. The van der Waals surface area contributed by atoms with Gasteiger partial charge in [0.1, 0.15) is 17.3 Å². The van der Waals surface area contributed by atoms with Gasteiger partial charge in [0, 0.05) is 17.4 Å². The fraction of sp³-hybridized carbons (Fsp3) is 0.565. The highest BCUT2D eigenvalue weighted by Crippen LogP contribution is 2.45. The van der Waals surface area contributed by atoms with E-state index in [0.717, 1.165) is 31.3 Å². The Bertz CT molecular complexity index is 762. The van der Waals surface area contributed by atoms with Gasteiger partial charge in [-0.15, -0.1) is 0 Å². The van der Waals surface area contributed by atoms with Gasteiger partial charge >= 0.3 is 0 Å². The molecule has 0 saturated heterocycles. The molecule has 4 nitrogen and oxygen atoms in total. The van der Waals surface area contributed by atoms with Crippen LogP contribution in [-0.4, -0.2) is 22.3 Å². The van der Waals surface area contributed by atoms with Gasteiger partial charge in [0.05, 0.1) is 5.56 Å². The van der Waals surface area contributed by atoms with E-state index in [1.54, 1.807) is 6.92 Å². The van der Waals surface area contributed by atoms with Crippen LogP contribution in [0.3, 0.4) is 0 Å². The van der Waals surface area contributed by atoms with Gasteiger partial charge in [-0.3, -0.25) is 9.59 Å². The third kappa shape index (κ3) is 4.42. The van der Waals surface area contributed by atoms with Gasteiger partial charge in [-0.1, -0.05) is 32.4 Å². The molecule has 1 aliphatic rings. The van der Waals surface area contributed by atoms with Gasteiger partial charge in [-0.05, 0) is 63.0 Å². The summed E-state index contributed by atoms with van der Waals surface area (Å²) in [7, 11) is 0. The molecule has 0 aromatic heterocycles. The molecule has 1 aliphatic carbocycles. The number of carbonyl (C=O) groups excluding carboxylic acids is 2. The highest BCUT2D eigenvalue weighted by atomic mass is 16.3. The van der Waals surface area contributed by atoms with Crippen LogP contribution in [0.4, 0.5) is 0 Å². The van der Waals surface area contributed by atoms with E-state index in [1.807, 2.05) is 19.9 Å². The van der Waals surface area contributed by atoms with Crippen molar-refractivity contribution in [3.05, 3.63) is 34.4 Å². The normalized spacial score (nSPS) is 26.3. The van der Waals surface area contributed by atoms with Crippen molar-refractivity contribution in [2.24, 2.45) is 17.3 Å². The minimum atomic E-state index is -0.140. The van der Waals surface area contributed by atoms with E-state index in [1.165, 1.54) is 6.07 Å². The molecule has 1 saturated carbocycles. The number of hydrogen-bond donors (Lipinski definition) is 2. The molecule has 27 heavy (non-hydrogen) atoms. The van der Waals surface area contributed by atoms with Crippen molar-refractivity contribution in [2.75, 3.05) is 0 Å². The maximum atomic E-state index is 12.4. The van der Waals surface area contributed by atoms with Gasteiger partial charge < -0.3 is 10.2 Å². The van der Waals surface area contributed by atoms with E-state index in [9.17, 15) is 19.8 Å². The highest BCUT2D eigenvalue weighted by molar-refractivity contribution is 5.84. The summed E-state index contributed by atoms with van der Waals surface area (Å²) in [5.41, 5.74) is 2.34. The first-order chi connectivity index (χ1) is 12.6. The van der Waals surface area contributed by atoms with Crippen LogP contribution in [0.2, 0.25) is 0 Å². The Morgan fingerprint density at radius 1 is 1.33 bits per heavy atom. The summed E-state index contributed by atoms with van der Waals surface area (Å²) in [5.74, 6) is 0.492. The van der Waals surface area contributed by atoms with Crippen molar-refractivity contribution in [1.29, 1.82) is 0 Å². The Labute approximate surface area is 162 Å². The number of phenolic OH excluding ortho intramolecular Hbond substituents is 2. The van der Waals surface area contributed by atoms with E-state index in [2.05, 4.69) is 13.8 Å². The zero-order chi connectivity index (χ0) is 20.4. The quantitative estimate of drug-likeness (QED) is 0.536. The summed E-state index contributed by atoms with van der Waals surface area (Å²) in [4.78, 5) is 23.5. The second-order valence-corrected chi connectivity index (χ2v) is 8.54. The van der Waals surface area contributed by atoms with Crippen LogP contribution in [-0.2, 0) is 11.2 Å². The first-order valence-electron chi connectivity index (χ1n) is 9.79. The second-order valence-electron chi connectivity index (χ2n) is 8.54. The van der Waals surface area contributed by atoms with Crippen LogP contribution in [0, 0.1) is 24.2 Å². The molecule has 1 aromatic rings. The summed E-state index contributed by atoms with van der Waals surface area (Å²) in [6, 6.07) is 1.51. The lowest BCUT2D eigenvalue weighted by atomic mass is 9.62. The maximum Gasteiger partial charge on any atom is 0.154 e. The number of ketones is 1. The van der Waals surface area contributed by atoms with Crippen LogP contribution < -0.4 is 0 Å². The summed E-state index contributed by atoms with van der Waals surface area (Å²) in [5, 5.41) is 20.4. The molecule has 0 heterocycles. The van der Waals surface area contributed by atoms with E-state index in [-0.39, 0.29) is 34.3 Å². The van der Waals surface area contributed by atoms with Crippen molar-refractivity contribution in [3.63, 3.8) is 0 Å². The largest absolute Gasteiger partial charge is 0.508 e. The fourth-order valence-corrected chi connectivity index (χ4v) is 4.07. The molecule has 2 N–H and O–H groups in total. The summed E-state index contributed by atoms with van der Waals surface area (Å²) >= 11 is 0. The third-order valence-electron chi connectivity index (χ3n) is 6.60. The number of rotatable bonds is 6. The van der Waals surface area contributed by atoms with Crippen LogP contribution in [0.5, 0.6) is 11.5 Å². The maximum absolute atomic E-state index is 12.4. The molecule has 0 spiro atoms. The lowest BCUT2D eigenvalue weighted by molar-refractivity contribution is -0.133. The average Bonchev–Trinajstić information content (AvgIpc) is 2.62. The number of Topliss-reactive ketones (excluding diaryl/α,β-unsaturated/α-hetero) is 1. The SMILES string of the molecule is C/C(=C\Cc1c(O)cc(C)c(C=O)c1O)CC[C@@]1(C)CCC(C)C(=O)C1C. The predicted molar refractivity (Wildman–Crippen MR) is 107 cm³/mol. The lowest BCUT2D eigenvalue weighted by Crippen LogP contribution is -2.39. The number of hydrogen-bond acceptors (Lipinski definition) is 4. The zero-order valence-electron chi connectivity index (χ0n) is 17.1. The molecule has 2 rings (SSSR count). The molecule has 4 heteroatoms. The van der Waals surface area contributed by atoms with Gasteiger partial charge in [-0.2, -0.15) is 0 Å². The van der Waals surface area contributed by atoms with Gasteiger partial charge in [0.25, 0.3) is 0 Å². The number of allylic oxidation sites excluding steroid dienone is 2. The number of aromatic hydroxyl groups is 2. The highest BCUT2D eigenvalue weighted by Gasteiger charge is 2.41. The number of phenols is 2. The van der Waals surface area contributed by atoms with Crippen molar-refractivity contribution < 1.29 is 19.8 Å². The van der Waals surface area contributed by atoms with Gasteiger partial charge in [-0.25, -0.2) is 0 Å². The minimum Gasteiger partial charge on any atom is -0.508 e. The van der Waals surface area contributed by atoms with Gasteiger partial charge in [0.2, 0.25) is 0 Å². The van der Waals surface area contributed by atoms with Crippen LogP contribution >= 0.6 is 0 Å². The summed E-state index contributed by atoms with van der Waals surface area (Å²) < 4.78 is 0. The van der Waals surface area contributed by atoms with Crippen LogP contribution in [0.1, 0.15) is 74.9 Å². The molecule has 148 valence electrons. The van der Waals surface area contributed by atoms with E-state index < -0.39 is 0 Å². The van der Waals surface area contributed by atoms with E-state index in [4.69, 9.17) is 0 Å². The number of aldehydes is 1. The Kier molecular flexibility index (Phi) is 6.50. The molecule has 0 aliphatic heterocycles. The molecule has 2 unspecified atom stereocenters. The molecule has 0 bridgehead atoms. The molecule has 0 radical (unpaired) electrons. The standard InChI is InChI=1S/C23H32O4/c1-14(8-10-23(5)11-9-15(2)21(26)17(23)4)6-7-18-20(25)12-16(3)19(13-24)22(18)27/h6,12-13,15,17,25,27H,7-11H2,1-5H3/b14-6+/t15?,17?,23-/m0/s1. The molecule has 0 amide bonds. The monoisotopic (exact) mass is 372 g/mol. The smallest absolute Gasteiger partial charge is 0.154 e. The minimum absolute atomic E-state index is 0.00657. The average molecular weight is 373 g/mol. The van der Waals surface area contributed by atoms with E-state index >= 15 is 0 Å². The first kappa shape index (κ1) is 21.2. The van der Waals surface area contributed by atoms with Crippen LogP contribution in [0.25, 0.3) is 0 Å². The zero-order valence-corrected chi connectivity index (χ0v) is 17.1. The molecule has 1 fully saturated rings. The number of aryl methyl sites for hydroxylation is 1. The lowest BCUT2D eigenvalue weighted by Gasteiger charge is -2.41. The number of carbonyl (C=O) groups is 2. The summed E-state index contributed by atoms with van der Waals surface area (Å²) in [6.07, 6.45) is 6.82. The Balaban J connectivity index is 2.07. The fourth-order valence-electron chi connectivity index (χ4n) is 4.07. The van der Waals surface area contributed by atoms with Gasteiger partial charge in [0.15, 0.2) is 6.29 Å². The third-order valence-corrected chi connectivity index (χ3v) is 6.60. The summed E-state index contributed by atoms with van der Waals surface area (Å²) in [6.45, 7) is 10.0. The van der Waals surface area contributed by atoms with Crippen molar-refractivity contribution in [2.45, 2.75) is 66.7 Å². The topological polar surface area (TPSA) is 74.6 Å². The molecule has 1 aromatic carbocycles. The first-order valence-corrected chi connectivity index (χ1v) is 9.79. The molecular weight excluding hydrogens is 340 g/mol. The van der Waals surface area contributed by atoms with Crippen molar-refractivity contribution in [1.82, 2.24) is 0 Å². The Morgan fingerprint density at radius 3 is 2.63 bits per heavy atom. The second kappa shape index (κ2) is 8.28. The Hall–Kier alpha value is -2.10. The van der Waals surface area contributed by atoms with Crippen molar-refractivity contribution in [3.8, 4) is 11.5 Å². The Morgan fingerprint density at radius 2 is 2.00 bits per heavy atom.